The number of rotatable bonds is 62. The van der Waals surface area contributed by atoms with Gasteiger partial charge in [0, 0.05) is 0 Å². The first-order valence-corrected chi connectivity index (χ1v) is 42.8. The molecule has 0 N–H and O–H groups in total. The molecule has 0 aliphatic heterocycles. The largest absolute Gasteiger partial charge is 2.00 e. The summed E-state index contributed by atoms with van der Waals surface area (Å²) in [5, 5.41) is 2.95. The van der Waals surface area contributed by atoms with E-state index in [1.165, 1.54) is 321 Å². The third-order valence-electron chi connectivity index (χ3n) is 19.9. The molecule has 0 spiro atoms. The Balaban J connectivity index is 0.000000627. The summed E-state index contributed by atoms with van der Waals surface area (Å²) in [6.07, 6.45) is 78.1. The van der Waals surface area contributed by atoms with Crippen LogP contribution in [0.3, 0.4) is 0 Å². The van der Waals surface area contributed by atoms with Crippen molar-refractivity contribution in [1.29, 1.82) is 0 Å². The predicted octanol–water partition coefficient (Wildman–Crippen LogP) is 27.2. The van der Waals surface area contributed by atoms with Crippen LogP contribution >= 0.6 is 0 Å². The van der Waals surface area contributed by atoms with Gasteiger partial charge in [-0.05, 0) is 119 Å². The van der Waals surface area contributed by atoms with Crippen LogP contribution in [0.5, 0.6) is 0 Å². The Hall–Kier alpha value is -1.21. The first kappa shape index (κ1) is 87.9. The minimum absolute atomic E-state index is 0. The van der Waals surface area contributed by atoms with Gasteiger partial charge in [-0.1, -0.05) is 398 Å². The van der Waals surface area contributed by atoms with Gasteiger partial charge in [0.25, 0.3) is 0 Å². The Morgan fingerprint density at radius 2 is 0.398 bits per heavy atom. The summed E-state index contributed by atoms with van der Waals surface area (Å²) in [4.78, 5) is -0.0682. The van der Waals surface area contributed by atoms with E-state index < -0.39 is 20.2 Å². The molecule has 0 atom stereocenters. The predicted molar refractivity (Wildman–Crippen MR) is 406 cm³/mol. The van der Waals surface area contributed by atoms with Gasteiger partial charge in [0.15, 0.2) is 0 Å². The Morgan fingerprint density at radius 1 is 0.226 bits per heavy atom. The van der Waals surface area contributed by atoms with Crippen molar-refractivity contribution in [3.63, 3.8) is 0 Å². The zero-order valence-corrected chi connectivity index (χ0v) is 67.2. The quantitative estimate of drug-likeness (QED) is 0.0247. The minimum Gasteiger partial charge on any atom is -0.744 e. The Kier molecular flexibility index (Phi) is 56.4. The SMILES string of the molecule is CCCCCCCCCCCCCCCCc1cc(S(=O)(=O)[O-])c2cc(CCCCCCCCCCCCCCCC)ccc2c1.CCCCCCCCCCCCCCCCc1cc(S(=O)(=O)[O-])c2cc(CCCCCCCCCCCCCCCC)ccc2c1.[Ba+2]. The molecule has 93 heavy (non-hydrogen) atoms. The Bertz CT molecular complexity index is 2430. The average molecular weight is 1450 g/mol. The van der Waals surface area contributed by atoms with Crippen molar-refractivity contribution < 1.29 is 25.9 Å². The van der Waals surface area contributed by atoms with Crippen molar-refractivity contribution >= 4 is 90.7 Å². The van der Waals surface area contributed by atoms with E-state index in [4.69, 9.17) is 0 Å². The van der Waals surface area contributed by atoms with E-state index in [9.17, 15) is 25.9 Å². The normalized spacial score (nSPS) is 11.8. The first-order chi connectivity index (χ1) is 44.9. The molecule has 9 heteroatoms. The zero-order chi connectivity index (χ0) is 66.3. The number of fused-ring (bicyclic) bond motifs is 2. The molecule has 4 aromatic carbocycles. The maximum absolute atomic E-state index is 12.3. The molecular formula is C84H142BaO6S2. The molecule has 4 rings (SSSR count). The molecule has 0 amide bonds. The second-order valence-electron chi connectivity index (χ2n) is 28.6. The van der Waals surface area contributed by atoms with Gasteiger partial charge in [-0.15, -0.1) is 0 Å². The fourth-order valence-electron chi connectivity index (χ4n) is 14.0. The summed E-state index contributed by atoms with van der Waals surface area (Å²) in [7, 11) is -9.05. The van der Waals surface area contributed by atoms with Crippen LogP contribution in [0.2, 0.25) is 0 Å². The molecule has 0 unspecified atom stereocenters. The van der Waals surface area contributed by atoms with Crippen molar-refractivity contribution in [2.45, 2.75) is 423 Å². The maximum atomic E-state index is 12.3. The smallest absolute Gasteiger partial charge is 0.744 e. The summed E-state index contributed by atoms with van der Waals surface area (Å²) in [5.41, 5.74) is 4.22. The average Bonchev–Trinajstić information content (AvgIpc) is 0.809. The van der Waals surface area contributed by atoms with Crippen molar-refractivity contribution in [2.75, 3.05) is 0 Å². The van der Waals surface area contributed by atoms with Crippen LogP contribution in [-0.4, -0.2) is 74.8 Å². The monoisotopic (exact) mass is 1450 g/mol. The third kappa shape index (κ3) is 46.0. The Morgan fingerprint density at radius 3 is 0.581 bits per heavy atom. The van der Waals surface area contributed by atoms with Crippen LogP contribution in [0.15, 0.2) is 70.5 Å². The second kappa shape index (κ2) is 59.6. The van der Waals surface area contributed by atoms with Crippen LogP contribution in [0.25, 0.3) is 21.5 Å². The fraction of sp³-hybridized carbons (Fsp3) is 0.762. The summed E-state index contributed by atoms with van der Waals surface area (Å²) < 4.78 is 73.5. The number of benzene rings is 4. The molecule has 0 saturated carbocycles. The van der Waals surface area contributed by atoms with E-state index in [1.54, 1.807) is 12.1 Å². The molecule has 528 valence electrons. The van der Waals surface area contributed by atoms with Gasteiger partial charge in [0.2, 0.25) is 0 Å². The van der Waals surface area contributed by atoms with Crippen LogP contribution in [0.1, 0.15) is 410 Å². The van der Waals surface area contributed by atoms with E-state index in [2.05, 4.69) is 52.0 Å². The van der Waals surface area contributed by atoms with Crippen LogP contribution in [-0.2, 0) is 45.9 Å². The van der Waals surface area contributed by atoms with Gasteiger partial charge in [-0.2, -0.15) is 0 Å². The van der Waals surface area contributed by atoms with Crippen LogP contribution in [0, 0.1) is 0 Å². The molecule has 0 fully saturated rings. The molecule has 0 bridgehead atoms. The van der Waals surface area contributed by atoms with Gasteiger partial charge in [-0.3, -0.25) is 0 Å². The van der Waals surface area contributed by atoms with Gasteiger partial charge in [0.05, 0.1) is 9.79 Å². The summed E-state index contributed by atoms with van der Waals surface area (Å²) in [6.45, 7) is 9.10. The number of hydrogen-bond acceptors (Lipinski definition) is 6. The van der Waals surface area contributed by atoms with Crippen molar-refractivity contribution in [1.82, 2.24) is 0 Å². The Labute approximate surface area is 616 Å². The van der Waals surface area contributed by atoms with Gasteiger partial charge in [0.1, 0.15) is 20.2 Å². The van der Waals surface area contributed by atoms with E-state index >= 15 is 0 Å². The van der Waals surface area contributed by atoms with E-state index in [-0.39, 0.29) is 58.7 Å². The first-order valence-electron chi connectivity index (χ1n) is 39.9. The fourth-order valence-corrected chi connectivity index (χ4v) is 15.5. The van der Waals surface area contributed by atoms with Crippen LogP contribution < -0.4 is 0 Å². The number of unbranched alkanes of at least 4 members (excludes halogenated alkanes) is 52. The topological polar surface area (TPSA) is 114 Å². The van der Waals surface area contributed by atoms with E-state index in [0.29, 0.717) is 10.8 Å². The minimum atomic E-state index is -4.53. The molecule has 0 aromatic heterocycles. The number of hydrogen-bond donors (Lipinski definition) is 0. The van der Waals surface area contributed by atoms with Gasteiger partial charge in [-0.25, -0.2) is 16.8 Å². The summed E-state index contributed by atoms with van der Waals surface area (Å²) in [5.74, 6) is 0. The third-order valence-corrected chi connectivity index (χ3v) is 21.6. The molecule has 6 nitrogen and oxygen atoms in total. The molecule has 0 heterocycles. The summed E-state index contributed by atoms with van der Waals surface area (Å²) in [6, 6.07) is 19.7. The van der Waals surface area contributed by atoms with E-state index in [0.717, 1.165) is 97.2 Å². The molecule has 0 aliphatic carbocycles. The molecule has 0 aliphatic rings. The van der Waals surface area contributed by atoms with E-state index in [1.807, 2.05) is 24.3 Å². The molecule has 4 aromatic rings. The van der Waals surface area contributed by atoms with Crippen molar-refractivity contribution in [3.05, 3.63) is 82.9 Å². The standard InChI is InChI=1S/2C42H72O3S.Ba/c2*1-3-5-7-9-11-13-15-17-19-21-23-25-27-29-31-38-33-34-40-35-39(37-42(41(40)36-38)46(43,44)45)32-30-28-26-24-22-20-18-16-14-12-10-8-6-4-2;/h2*33-37H,3-32H2,1-2H3,(H,43,44,45);/q;;+2/p-2. The van der Waals surface area contributed by atoms with Crippen molar-refractivity contribution in [2.24, 2.45) is 0 Å². The summed E-state index contributed by atoms with van der Waals surface area (Å²) >= 11 is 0. The number of aryl methyl sites for hydroxylation is 4. The zero-order valence-electron chi connectivity index (χ0n) is 61.2. The second-order valence-corrected chi connectivity index (χ2v) is 31.3. The van der Waals surface area contributed by atoms with Crippen molar-refractivity contribution in [3.8, 4) is 0 Å². The maximum Gasteiger partial charge on any atom is 2.00 e. The molecule has 0 saturated heterocycles. The van der Waals surface area contributed by atoms with Gasteiger partial charge < -0.3 is 9.11 Å². The molecular weight excluding hydrogens is 1310 g/mol. The molecule has 0 radical (unpaired) electrons. The van der Waals surface area contributed by atoms with Crippen LogP contribution in [0.4, 0.5) is 0 Å². The van der Waals surface area contributed by atoms with Gasteiger partial charge >= 0.3 is 48.9 Å².